The first-order chi connectivity index (χ1) is 13.1. The standard InChI is InChI=1S/C18H15ClN6O2/c1-11(17-21-15(24-27-17)13-4-3-5-14(19)10-13)26-18-23-22-16(25(18)2)12-6-8-20-9-7-12/h3-11H,1-2H3/t11-/m0/s1. The van der Waals surface area contributed by atoms with Gasteiger partial charge in [0.15, 0.2) is 11.9 Å². The summed E-state index contributed by atoms with van der Waals surface area (Å²) >= 11 is 6.01. The summed E-state index contributed by atoms with van der Waals surface area (Å²) in [6, 6.07) is 11.3. The highest BCUT2D eigenvalue weighted by atomic mass is 35.5. The molecule has 136 valence electrons. The molecule has 0 aliphatic heterocycles. The van der Waals surface area contributed by atoms with Gasteiger partial charge in [-0.15, -0.1) is 5.10 Å². The van der Waals surface area contributed by atoms with Gasteiger partial charge in [-0.3, -0.25) is 9.55 Å². The van der Waals surface area contributed by atoms with E-state index in [1.54, 1.807) is 36.0 Å². The van der Waals surface area contributed by atoms with Gasteiger partial charge in [-0.2, -0.15) is 4.98 Å². The van der Waals surface area contributed by atoms with Gasteiger partial charge < -0.3 is 9.26 Å². The van der Waals surface area contributed by atoms with Gasteiger partial charge in [0.2, 0.25) is 5.82 Å². The zero-order chi connectivity index (χ0) is 18.8. The quantitative estimate of drug-likeness (QED) is 0.519. The fraction of sp³-hybridized carbons (Fsp3) is 0.167. The molecule has 0 saturated heterocycles. The Morgan fingerprint density at radius 2 is 1.93 bits per heavy atom. The molecule has 0 amide bonds. The van der Waals surface area contributed by atoms with Crippen LogP contribution in [0.4, 0.5) is 0 Å². The Bertz CT molecular complexity index is 1060. The first kappa shape index (κ1) is 17.2. The number of pyridine rings is 1. The van der Waals surface area contributed by atoms with E-state index in [4.69, 9.17) is 20.9 Å². The molecule has 0 saturated carbocycles. The average Bonchev–Trinajstić information content (AvgIpc) is 3.31. The predicted molar refractivity (Wildman–Crippen MR) is 98.0 cm³/mol. The van der Waals surface area contributed by atoms with Crippen molar-refractivity contribution in [3.05, 3.63) is 59.7 Å². The van der Waals surface area contributed by atoms with E-state index in [0.717, 1.165) is 11.1 Å². The Kier molecular flexibility index (Phi) is 4.55. The van der Waals surface area contributed by atoms with Crippen LogP contribution in [0.25, 0.3) is 22.8 Å². The fourth-order valence-electron chi connectivity index (χ4n) is 2.52. The van der Waals surface area contributed by atoms with Gasteiger partial charge in [-0.25, -0.2) is 0 Å². The number of nitrogens with zero attached hydrogens (tertiary/aromatic N) is 6. The zero-order valence-corrected chi connectivity index (χ0v) is 15.3. The molecule has 1 aromatic carbocycles. The van der Waals surface area contributed by atoms with Gasteiger partial charge in [0, 0.05) is 35.6 Å². The minimum atomic E-state index is -0.501. The summed E-state index contributed by atoms with van der Waals surface area (Å²) in [4.78, 5) is 8.39. The van der Waals surface area contributed by atoms with Crippen LogP contribution in [0.3, 0.4) is 0 Å². The lowest BCUT2D eigenvalue weighted by molar-refractivity contribution is 0.157. The highest BCUT2D eigenvalue weighted by Gasteiger charge is 2.20. The van der Waals surface area contributed by atoms with Crippen LogP contribution in [-0.2, 0) is 7.05 Å². The molecule has 27 heavy (non-hydrogen) atoms. The van der Waals surface area contributed by atoms with E-state index in [1.807, 2.05) is 31.3 Å². The second kappa shape index (κ2) is 7.16. The minimum Gasteiger partial charge on any atom is -0.450 e. The van der Waals surface area contributed by atoms with Crippen LogP contribution in [0.2, 0.25) is 5.02 Å². The molecule has 0 aliphatic carbocycles. The van der Waals surface area contributed by atoms with Crippen LogP contribution in [0, 0.1) is 0 Å². The number of aromatic nitrogens is 6. The van der Waals surface area contributed by atoms with E-state index in [0.29, 0.717) is 28.6 Å². The van der Waals surface area contributed by atoms with Crippen LogP contribution in [0.1, 0.15) is 18.9 Å². The fourth-order valence-corrected chi connectivity index (χ4v) is 2.71. The molecular weight excluding hydrogens is 368 g/mol. The van der Waals surface area contributed by atoms with Crippen molar-refractivity contribution in [3.8, 4) is 28.8 Å². The molecule has 4 rings (SSSR count). The Labute approximate surface area is 159 Å². The number of hydrogen-bond acceptors (Lipinski definition) is 7. The molecular formula is C18H15ClN6O2. The second-order valence-corrected chi connectivity index (χ2v) is 6.26. The van der Waals surface area contributed by atoms with E-state index in [2.05, 4.69) is 25.3 Å². The van der Waals surface area contributed by atoms with E-state index >= 15 is 0 Å². The van der Waals surface area contributed by atoms with Crippen LogP contribution in [0.5, 0.6) is 6.01 Å². The summed E-state index contributed by atoms with van der Waals surface area (Å²) in [6.45, 7) is 1.80. The maximum absolute atomic E-state index is 6.01. The predicted octanol–water partition coefficient (Wildman–Crippen LogP) is 3.72. The van der Waals surface area contributed by atoms with Gasteiger partial charge >= 0.3 is 6.01 Å². The minimum absolute atomic E-state index is 0.332. The number of hydrogen-bond donors (Lipinski definition) is 0. The van der Waals surface area contributed by atoms with Gasteiger partial charge in [0.1, 0.15) is 0 Å². The molecule has 0 spiro atoms. The van der Waals surface area contributed by atoms with Crippen LogP contribution in [0.15, 0.2) is 53.3 Å². The highest BCUT2D eigenvalue weighted by Crippen LogP contribution is 2.25. The summed E-state index contributed by atoms with van der Waals surface area (Å²) in [5.74, 6) is 1.45. The largest absolute Gasteiger partial charge is 0.450 e. The third kappa shape index (κ3) is 3.52. The van der Waals surface area contributed by atoms with Gasteiger partial charge in [0.25, 0.3) is 5.89 Å². The normalized spacial score (nSPS) is 12.1. The monoisotopic (exact) mass is 382 g/mol. The first-order valence-electron chi connectivity index (χ1n) is 8.18. The maximum atomic E-state index is 6.01. The van der Waals surface area contributed by atoms with Crippen molar-refractivity contribution in [1.82, 2.24) is 29.9 Å². The maximum Gasteiger partial charge on any atom is 0.317 e. The van der Waals surface area contributed by atoms with Crippen molar-refractivity contribution in [2.24, 2.45) is 7.05 Å². The van der Waals surface area contributed by atoms with Crippen LogP contribution in [-0.4, -0.2) is 29.9 Å². The lowest BCUT2D eigenvalue weighted by Crippen LogP contribution is -2.07. The van der Waals surface area contributed by atoms with Gasteiger partial charge in [-0.1, -0.05) is 34.0 Å². The molecule has 8 nitrogen and oxygen atoms in total. The topological polar surface area (TPSA) is 91.8 Å². The van der Waals surface area contributed by atoms with Crippen molar-refractivity contribution in [2.45, 2.75) is 13.0 Å². The van der Waals surface area contributed by atoms with Gasteiger partial charge in [0.05, 0.1) is 0 Å². The highest BCUT2D eigenvalue weighted by molar-refractivity contribution is 6.30. The van der Waals surface area contributed by atoms with Crippen LogP contribution < -0.4 is 4.74 Å². The third-order valence-corrected chi connectivity index (χ3v) is 4.16. The molecule has 3 aromatic heterocycles. The number of halogens is 1. The molecule has 0 bridgehead atoms. The van der Waals surface area contributed by atoms with Crippen molar-refractivity contribution >= 4 is 11.6 Å². The molecule has 0 unspecified atom stereocenters. The second-order valence-electron chi connectivity index (χ2n) is 5.83. The zero-order valence-electron chi connectivity index (χ0n) is 14.6. The van der Waals surface area contributed by atoms with Gasteiger partial charge in [-0.05, 0) is 31.2 Å². The molecule has 0 fully saturated rings. The Morgan fingerprint density at radius 3 is 2.70 bits per heavy atom. The molecule has 4 aromatic rings. The average molecular weight is 383 g/mol. The van der Waals surface area contributed by atoms with E-state index in [1.165, 1.54) is 0 Å². The van der Waals surface area contributed by atoms with Crippen molar-refractivity contribution in [3.63, 3.8) is 0 Å². The number of rotatable bonds is 5. The van der Waals surface area contributed by atoms with E-state index in [-0.39, 0.29) is 0 Å². The third-order valence-electron chi connectivity index (χ3n) is 3.93. The van der Waals surface area contributed by atoms with E-state index in [9.17, 15) is 0 Å². The molecule has 9 heteroatoms. The summed E-state index contributed by atoms with van der Waals surface area (Å²) in [5, 5.41) is 12.9. The van der Waals surface area contributed by atoms with Crippen molar-refractivity contribution in [1.29, 1.82) is 0 Å². The molecule has 0 aliphatic rings. The van der Waals surface area contributed by atoms with Crippen molar-refractivity contribution in [2.75, 3.05) is 0 Å². The first-order valence-corrected chi connectivity index (χ1v) is 8.55. The summed E-state index contributed by atoms with van der Waals surface area (Å²) in [5.41, 5.74) is 1.66. The molecule has 0 radical (unpaired) electrons. The van der Waals surface area contributed by atoms with Crippen LogP contribution >= 0.6 is 11.6 Å². The van der Waals surface area contributed by atoms with Crippen molar-refractivity contribution < 1.29 is 9.26 Å². The number of benzene rings is 1. The smallest absolute Gasteiger partial charge is 0.317 e. The Balaban J connectivity index is 1.53. The summed E-state index contributed by atoms with van der Waals surface area (Å²) in [6.07, 6.45) is 2.89. The lowest BCUT2D eigenvalue weighted by atomic mass is 10.2. The number of ether oxygens (including phenoxy) is 1. The lowest BCUT2D eigenvalue weighted by Gasteiger charge is -2.09. The SMILES string of the molecule is C[C@H](Oc1nnc(-c2ccncc2)n1C)c1nc(-c2cccc(Cl)c2)no1. The molecule has 3 heterocycles. The molecule has 0 N–H and O–H groups in total. The Morgan fingerprint density at radius 1 is 1.11 bits per heavy atom. The Hall–Kier alpha value is -3.26. The summed E-state index contributed by atoms with van der Waals surface area (Å²) in [7, 11) is 1.82. The van der Waals surface area contributed by atoms with E-state index < -0.39 is 6.10 Å². The summed E-state index contributed by atoms with van der Waals surface area (Å²) < 4.78 is 12.9. The molecule has 1 atom stereocenters.